The third-order valence-corrected chi connectivity index (χ3v) is 4.91. The van der Waals surface area contributed by atoms with Gasteiger partial charge in [-0.3, -0.25) is 4.79 Å². The van der Waals surface area contributed by atoms with Crippen LogP contribution in [0.25, 0.3) is 0 Å². The normalized spacial score (nSPS) is 15.6. The number of likely N-dealkylation sites (tertiary alicyclic amines) is 1. The van der Waals surface area contributed by atoms with Crippen molar-refractivity contribution in [2.75, 3.05) is 13.1 Å². The van der Waals surface area contributed by atoms with Crippen LogP contribution in [0.3, 0.4) is 0 Å². The highest BCUT2D eigenvalue weighted by Gasteiger charge is 2.27. The highest BCUT2D eigenvalue weighted by molar-refractivity contribution is 9.10. The predicted molar refractivity (Wildman–Crippen MR) is 87.7 cm³/mol. The number of piperidine rings is 1. The summed E-state index contributed by atoms with van der Waals surface area (Å²) >= 11 is 3.58. The summed E-state index contributed by atoms with van der Waals surface area (Å²) in [6.07, 6.45) is 2.85. The van der Waals surface area contributed by atoms with Gasteiger partial charge in [-0.1, -0.05) is 34.1 Å². The fourth-order valence-electron chi connectivity index (χ4n) is 2.92. The van der Waals surface area contributed by atoms with Gasteiger partial charge in [0.25, 0.3) is 5.91 Å². The van der Waals surface area contributed by atoms with Crippen molar-refractivity contribution in [2.24, 2.45) is 0 Å². The van der Waals surface area contributed by atoms with E-state index in [0.29, 0.717) is 19.0 Å². The van der Waals surface area contributed by atoms with Crippen molar-refractivity contribution in [3.8, 4) is 0 Å². The highest BCUT2D eigenvalue weighted by atomic mass is 79.9. The van der Waals surface area contributed by atoms with Crippen molar-refractivity contribution in [2.45, 2.75) is 18.8 Å². The Morgan fingerprint density at radius 3 is 2.52 bits per heavy atom. The number of carboxylic acids is 1. The molecule has 0 unspecified atom stereocenters. The van der Waals surface area contributed by atoms with Crippen LogP contribution in [0.15, 0.2) is 45.5 Å². The van der Waals surface area contributed by atoms with Gasteiger partial charge in [-0.2, -0.15) is 0 Å². The van der Waals surface area contributed by atoms with Crippen molar-refractivity contribution in [1.29, 1.82) is 0 Å². The summed E-state index contributed by atoms with van der Waals surface area (Å²) in [6, 6.07) is 9.43. The molecule has 1 amide bonds. The SMILES string of the molecule is O=C(O)c1coc(C(=O)N2CCC(c3ccccc3Br)CC2)c1. The lowest BCUT2D eigenvalue weighted by Crippen LogP contribution is -2.37. The van der Waals surface area contributed by atoms with E-state index < -0.39 is 5.97 Å². The molecular weight excluding hydrogens is 362 g/mol. The number of amides is 1. The van der Waals surface area contributed by atoms with E-state index in [4.69, 9.17) is 9.52 Å². The van der Waals surface area contributed by atoms with Crippen LogP contribution in [0.4, 0.5) is 0 Å². The number of hydrogen-bond acceptors (Lipinski definition) is 3. The molecule has 1 aromatic heterocycles. The third-order valence-electron chi connectivity index (χ3n) is 4.18. The minimum absolute atomic E-state index is 0.00329. The zero-order valence-electron chi connectivity index (χ0n) is 12.4. The number of benzene rings is 1. The minimum Gasteiger partial charge on any atom is -0.478 e. The Hall–Kier alpha value is -2.08. The summed E-state index contributed by atoms with van der Waals surface area (Å²) in [6.45, 7) is 1.27. The molecule has 120 valence electrons. The third kappa shape index (κ3) is 3.32. The lowest BCUT2D eigenvalue weighted by atomic mass is 9.89. The summed E-state index contributed by atoms with van der Waals surface area (Å²) in [5.41, 5.74) is 1.27. The van der Waals surface area contributed by atoms with E-state index in [2.05, 4.69) is 22.0 Å². The van der Waals surface area contributed by atoms with E-state index in [9.17, 15) is 9.59 Å². The van der Waals surface area contributed by atoms with E-state index >= 15 is 0 Å². The quantitative estimate of drug-likeness (QED) is 0.883. The van der Waals surface area contributed by atoms with Crippen molar-refractivity contribution < 1.29 is 19.1 Å². The summed E-state index contributed by atoms with van der Waals surface area (Å²) in [5, 5.41) is 8.89. The van der Waals surface area contributed by atoms with Gasteiger partial charge in [0, 0.05) is 23.6 Å². The number of carbonyl (C=O) groups excluding carboxylic acids is 1. The van der Waals surface area contributed by atoms with Gasteiger partial charge in [0.15, 0.2) is 5.76 Å². The lowest BCUT2D eigenvalue weighted by molar-refractivity contribution is 0.0677. The maximum Gasteiger partial charge on any atom is 0.338 e. The molecule has 6 heteroatoms. The Labute approximate surface area is 142 Å². The number of aromatic carboxylic acids is 1. The first-order valence-corrected chi connectivity index (χ1v) is 8.21. The topological polar surface area (TPSA) is 70.7 Å². The molecule has 0 radical (unpaired) electrons. The Morgan fingerprint density at radius 1 is 1.22 bits per heavy atom. The molecule has 0 spiro atoms. The minimum atomic E-state index is -1.10. The van der Waals surface area contributed by atoms with Crippen LogP contribution < -0.4 is 0 Å². The van der Waals surface area contributed by atoms with Crippen LogP contribution in [0.5, 0.6) is 0 Å². The molecular formula is C17H16BrNO4. The molecule has 2 heterocycles. The first-order chi connectivity index (χ1) is 11.1. The lowest BCUT2D eigenvalue weighted by Gasteiger charge is -2.32. The van der Waals surface area contributed by atoms with Crippen LogP contribution in [-0.2, 0) is 0 Å². The van der Waals surface area contributed by atoms with Crippen LogP contribution >= 0.6 is 15.9 Å². The van der Waals surface area contributed by atoms with Gasteiger partial charge < -0.3 is 14.4 Å². The largest absolute Gasteiger partial charge is 0.478 e. The number of hydrogen-bond donors (Lipinski definition) is 1. The fourth-order valence-corrected chi connectivity index (χ4v) is 3.52. The molecule has 1 aromatic carbocycles. The van der Waals surface area contributed by atoms with Gasteiger partial charge in [-0.25, -0.2) is 4.79 Å². The second kappa shape index (κ2) is 6.58. The van der Waals surface area contributed by atoms with Crippen molar-refractivity contribution >= 4 is 27.8 Å². The van der Waals surface area contributed by atoms with Crippen LogP contribution in [0, 0.1) is 0 Å². The van der Waals surface area contributed by atoms with Gasteiger partial charge in [0.05, 0.1) is 5.56 Å². The highest BCUT2D eigenvalue weighted by Crippen LogP contribution is 2.33. The molecule has 1 fully saturated rings. The van der Waals surface area contributed by atoms with E-state index in [1.807, 2.05) is 18.2 Å². The maximum atomic E-state index is 12.4. The molecule has 1 aliphatic heterocycles. The number of carboxylic acid groups (broad SMARTS) is 1. The molecule has 0 aliphatic carbocycles. The number of furan rings is 1. The first kappa shape index (κ1) is 15.8. The Kier molecular flexibility index (Phi) is 4.52. The number of halogens is 1. The number of carbonyl (C=O) groups is 2. The summed E-state index contributed by atoms with van der Waals surface area (Å²) in [5.74, 6) is -0.842. The second-order valence-corrected chi connectivity index (χ2v) is 6.45. The summed E-state index contributed by atoms with van der Waals surface area (Å²) in [4.78, 5) is 25.0. The Bertz CT molecular complexity index is 732. The molecule has 0 atom stereocenters. The molecule has 0 saturated carbocycles. The first-order valence-electron chi connectivity index (χ1n) is 7.42. The van der Waals surface area contributed by atoms with Crippen LogP contribution in [0.2, 0.25) is 0 Å². The van der Waals surface area contributed by atoms with Crippen molar-refractivity contribution in [1.82, 2.24) is 4.90 Å². The molecule has 23 heavy (non-hydrogen) atoms. The predicted octanol–water partition coefficient (Wildman–Crippen LogP) is 3.76. The van der Waals surface area contributed by atoms with Crippen LogP contribution in [0.1, 0.15) is 45.2 Å². The van der Waals surface area contributed by atoms with E-state index in [0.717, 1.165) is 23.6 Å². The maximum absolute atomic E-state index is 12.4. The monoisotopic (exact) mass is 377 g/mol. The van der Waals surface area contributed by atoms with Crippen LogP contribution in [-0.4, -0.2) is 35.0 Å². The molecule has 3 rings (SSSR count). The summed E-state index contributed by atoms with van der Waals surface area (Å²) < 4.78 is 6.19. The zero-order valence-corrected chi connectivity index (χ0v) is 14.0. The van der Waals surface area contributed by atoms with Crippen molar-refractivity contribution in [3.63, 3.8) is 0 Å². The Balaban J connectivity index is 1.65. The van der Waals surface area contributed by atoms with Gasteiger partial charge in [0.1, 0.15) is 6.26 Å². The zero-order chi connectivity index (χ0) is 16.4. The van der Waals surface area contributed by atoms with Gasteiger partial charge >= 0.3 is 5.97 Å². The van der Waals surface area contributed by atoms with E-state index in [1.165, 1.54) is 11.6 Å². The Morgan fingerprint density at radius 2 is 1.91 bits per heavy atom. The van der Waals surface area contributed by atoms with Gasteiger partial charge in [0.2, 0.25) is 0 Å². The summed E-state index contributed by atoms with van der Waals surface area (Å²) in [7, 11) is 0. The number of nitrogens with zero attached hydrogens (tertiary/aromatic N) is 1. The molecule has 1 N–H and O–H groups in total. The smallest absolute Gasteiger partial charge is 0.338 e. The molecule has 1 saturated heterocycles. The number of rotatable bonds is 3. The van der Waals surface area contributed by atoms with E-state index in [-0.39, 0.29) is 17.2 Å². The van der Waals surface area contributed by atoms with Gasteiger partial charge in [-0.05, 0) is 30.4 Å². The molecule has 2 aromatic rings. The fraction of sp³-hybridized carbons (Fsp3) is 0.294. The standard InChI is InChI=1S/C17H16BrNO4/c18-14-4-2-1-3-13(14)11-5-7-19(8-6-11)16(20)15-9-12(10-23-15)17(21)22/h1-4,9-11H,5-8H2,(H,21,22). The van der Waals surface area contributed by atoms with E-state index in [1.54, 1.807) is 4.90 Å². The molecule has 1 aliphatic rings. The average molecular weight is 378 g/mol. The molecule has 5 nitrogen and oxygen atoms in total. The van der Waals surface area contributed by atoms with Gasteiger partial charge in [-0.15, -0.1) is 0 Å². The molecule has 0 bridgehead atoms. The second-order valence-electron chi connectivity index (χ2n) is 5.59. The average Bonchev–Trinajstić information content (AvgIpc) is 3.05. The van der Waals surface area contributed by atoms with Crippen molar-refractivity contribution in [3.05, 3.63) is 58.0 Å².